The molecular weight excluding hydrogens is 190 g/mol. The van der Waals surface area contributed by atoms with Gasteiger partial charge < -0.3 is 5.32 Å². The van der Waals surface area contributed by atoms with E-state index in [1.54, 1.807) is 0 Å². The maximum absolute atomic E-state index is 3.30. The second kappa shape index (κ2) is 4.37. The summed E-state index contributed by atoms with van der Waals surface area (Å²) in [5.41, 5.74) is 4.24. The van der Waals surface area contributed by atoms with Gasteiger partial charge >= 0.3 is 0 Å². The average Bonchev–Trinajstić information content (AvgIpc) is 1.99. The van der Waals surface area contributed by atoms with Crippen LogP contribution in [-0.2, 0) is 5.75 Å². The van der Waals surface area contributed by atoms with Gasteiger partial charge in [0.25, 0.3) is 0 Å². The molecule has 1 N–H and O–H groups in total. The first-order chi connectivity index (χ1) is 6.74. The van der Waals surface area contributed by atoms with Gasteiger partial charge in [0.1, 0.15) is 0 Å². The van der Waals surface area contributed by atoms with E-state index in [9.17, 15) is 0 Å². The Balaban J connectivity index is 1.94. The van der Waals surface area contributed by atoms with Crippen LogP contribution < -0.4 is 5.32 Å². The molecule has 2 rings (SSSR count). The lowest BCUT2D eigenvalue weighted by Gasteiger charge is -2.26. The molecule has 1 aliphatic heterocycles. The molecule has 2 heteroatoms. The monoisotopic (exact) mass is 207 g/mol. The van der Waals surface area contributed by atoms with Crippen LogP contribution in [0.4, 0.5) is 0 Å². The smallest absolute Gasteiger partial charge is 0.0300 e. The Labute approximate surface area is 90.3 Å². The van der Waals surface area contributed by atoms with Crippen molar-refractivity contribution in [2.45, 2.75) is 24.9 Å². The van der Waals surface area contributed by atoms with E-state index in [4.69, 9.17) is 0 Å². The molecule has 1 aromatic rings. The van der Waals surface area contributed by atoms with E-state index < -0.39 is 0 Å². The fourth-order valence-electron chi connectivity index (χ4n) is 1.75. The van der Waals surface area contributed by atoms with Gasteiger partial charge in [-0.1, -0.05) is 29.3 Å². The lowest BCUT2D eigenvalue weighted by molar-refractivity contribution is 0.543. The topological polar surface area (TPSA) is 12.0 Å². The van der Waals surface area contributed by atoms with Gasteiger partial charge in [-0.3, -0.25) is 0 Å². The number of benzene rings is 1. The van der Waals surface area contributed by atoms with Crippen molar-refractivity contribution in [1.82, 2.24) is 5.32 Å². The van der Waals surface area contributed by atoms with E-state index in [1.165, 1.54) is 29.8 Å². The molecule has 1 aliphatic rings. The van der Waals surface area contributed by atoms with Gasteiger partial charge in [-0.2, -0.15) is 11.8 Å². The lowest BCUT2D eigenvalue weighted by Crippen LogP contribution is -2.44. The summed E-state index contributed by atoms with van der Waals surface area (Å²) >= 11 is 2.07. The molecule has 0 spiro atoms. The third-order valence-corrected chi connectivity index (χ3v) is 3.82. The Bertz CT molecular complexity index is 298. The van der Waals surface area contributed by atoms with Crippen LogP contribution in [0.3, 0.4) is 0 Å². The first-order valence-corrected chi connectivity index (χ1v) is 6.18. The zero-order valence-corrected chi connectivity index (χ0v) is 9.66. The Morgan fingerprint density at radius 1 is 1.21 bits per heavy atom. The van der Waals surface area contributed by atoms with E-state index in [1.807, 2.05) is 0 Å². The second-order valence-corrected chi connectivity index (χ2v) is 5.38. The molecule has 1 fully saturated rings. The quantitative estimate of drug-likeness (QED) is 0.817. The van der Waals surface area contributed by atoms with E-state index in [-0.39, 0.29) is 0 Å². The van der Waals surface area contributed by atoms with Gasteiger partial charge in [-0.25, -0.2) is 0 Å². The Kier molecular flexibility index (Phi) is 3.14. The van der Waals surface area contributed by atoms with Crippen molar-refractivity contribution in [2.75, 3.05) is 13.1 Å². The molecule has 0 amide bonds. The minimum atomic E-state index is 0.843. The maximum Gasteiger partial charge on any atom is 0.0300 e. The van der Waals surface area contributed by atoms with Crippen molar-refractivity contribution < 1.29 is 0 Å². The van der Waals surface area contributed by atoms with Crippen molar-refractivity contribution >= 4 is 11.8 Å². The third kappa shape index (κ3) is 2.52. The highest BCUT2D eigenvalue weighted by Crippen LogP contribution is 2.21. The fraction of sp³-hybridized carbons (Fsp3) is 0.500. The summed E-state index contributed by atoms with van der Waals surface area (Å²) in [4.78, 5) is 0. The molecule has 0 unspecified atom stereocenters. The van der Waals surface area contributed by atoms with Gasteiger partial charge in [0, 0.05) is 24.1 Å². The molecule has 1 saturated heterocycles. The van der Waals surface area contributed by atoms with Crippen LogP contribution in [0.5, 0.6) is 0 Å². The maximum atomic E-state index is 3.30. The molecule has 0 atom stereocenters. The summed E-state index contributed by atoms with van der Waals surface area (Å²) in [5.74, 6) is 1.16. The number of hydrogen-bond acceptors (Lipinski definition) is 2. The number of thioether (sulfide) groups is 1. The highest BCUT2D eigenvalue weighted by molar-refractivity contribution is 7.99. The molecule has 0 aliphatic carbocycles. The zero-order chi connectivity index (χ0) is 9.97. The van der Waals surface area contributed by atoms with Crippen LogP contribution >= 0.6 is 11.8 Å². The van der Waals surface area contributed by atoms with Crippen LogP contribution in [0.2, 0.25) is 0 Å². The number of aryl methyl sites for hydroxylation is 2. The predicted molar refractivity (Wildman–Crippen MR) is 63.9 cm³/mol. The fourth-order valence-corrected chi connectivity index (χ4v) is 2.81. The van der Waals surface area contributed by atoms with E-state index in [2.05, 4.69) is 49.1 Å². The minimum absolute atomic E-state index is 0.843. The normalized spacial score (nSPS) is 16.7. The summed E-state index contributed by atoms with van der Waals surface area (Å²) in [6.45, 7) is 6.73. The van der Waals surface area contributed by atoms with Crippen molar-refractivity contribution in [3.63, 3.8) is 0 Å². The Morgan fingerprint density at radius 2 is 1.86 bits per heavy atom. The summed E-state index contributed by atoms with van der Waals surface area (Å²) in [6.07, 6.45) is 0. The average molecular weight is 207 g/mol. The molecule has 1 heterocycles. The first-order valence-electron chi connectivity index (χ1n) is 5.13. The zero-order valence-electron chi connectivity index (χ0n) is 8.84. The molecule has 76 valence electrons. The molecule has 0 radical (unpaired) electrons. The highest BCUT2D eigenvalue weighted by Gasteiger charge is 2.16. The minimum Gasteiger partial charge on any atom is -0.314 e. The van der Waals surface area contributed by atoms with Crippen molar-refractivity contribution in [1.29, 1.82) is 0 Å². The van der Waals surface area contributed by atoms with Crippen LogP contribution in [-0.4, -0.2) is 18.3 Å². The summed E-state index contributed by atoms with van der Waals surface area (Å²) in [7, 11) is 0. The van der Waals surface area contributed by atoms with E-state index in [0.29, 0.717) is 0 Å². The van der Waals surface area contributed by atoms with Crippen LogP contribution in [0.15, 0.2) is 18.2 Å². The molecule has 0 bridgehead atoms. The van der Waals surface area contributed by atoms with Crippen LogP contribution in [0, 0.1) is 13.8 Å². The Hall–Kier alpha value is -0.470. The second-order valence-electron chi connectivity index (χ2n) is 4.09. The van der Waals surface area contributed by atoms with Gasteiger partial charge in [0.2, 0.25) is 0 Å². The number of rotatable bonds is 3. The predicted octanol–water partition coefficient (Wildman–Crippen LogP) is 2.51. The van der Waals surface area contributed by atoms with Gasteiger partial charge in [-0.05, 0) is 19.4 Å². The Morgan fingerprint density at radius 3 is 2.36 bits per heavy atom. The molecule has 1 nitrogen and oxygen atoms in total. The van der Waals surface area contributed by atoms with Gasteiger partial charge in [0.15, 0.2) is 0 Å². The van der Waals surface area contributed by atoms with Crippen molar-refractivity contribution in [3.05, 3.63) is 34.9 Å². The third-order valence-electron chi connectivity index (χ3n) is 2.51. The molecular formula is C12H17NS. The lowest BCUT2D eigenvalue weighted by atomic mass is 10.1. The largest absolute Gasteiger partial charge is 0.314 e. The van der Waals surface area contributed by atoms with E-state index >= 15 is 0 Å². The van der Waals surface area contributed by atoms with Crippen molar-refractivity contribution in [3.8, 4) is 0 Å². The SMILES string of the molecule is Cc1cc(C)cc(CSC2CNC2)c1. The van der Waals surface area contributed by atoms with Gasteiger partial charge in [0.05, 0.1) is 0 Å². The van der Waals surface area contributed by atoms with Crippen LogP contribution in [0.25, 0.3) is 0 Å². The summed E-state index contributed by atoms with van der Waals surface area (Å²) in [5, 5.41) is 4.14. The molecule has 1 aromatic carbocycles. The molecule has 0 saturated carbocycles. The van der Waals surface area contributed by atoms with Gasteiger partial charge in [-0.15, -0.1) is 0 Å². The molecule has 14 heavy (non-hydrogen) atoms. The van der Waals surface area contributed by atoms with Crippen LogP contribution in [0.1, 0.15) is 16.7 Å². The standard InChI is InChI=1S/C12H17NS/c1-9-3-10(2)5-11(4-9)8-14-12-6-13-7-12/h3-5,12-13H,6-8H2,1-2H3. The summed E-state index contributed by atoms with van der Waals surface area (Å²) in [6, 6.07) is 6.83. The van der Waals surface area contributed by atoms with E-state index in [0.717, 1.165) is 11.0 Å². The first kappa shape index (κ1) is 10.1. The van der Waals surface area contributed by atoms with Crippen molar-refractivity contribution in [2.24, 2.45) is 0 Å². The number of nitrogens with one attached hydrogen (secondary N) is 1. The number of hydrogen-bond donors (Lipinski definition) is 1. The highest BCUT2D eigenvalue weighted by atomic mass is 32.2. The molecule has 0 aromatic heterocycles. The summed E-state index contributed by atoms with van der Waals surface area (Å²) < 4.78 is 0.